The Kier molecular flexibility index (Phi) is 4.50. The molecule has 0 aromatic heterocycles. The predicted octanol–water partition coefficient (Wildman–Crippen LogP) is 1.85. The zero-order valence-corrected chi connectivity index (χ0v) is 10.1. The zero-order chi connectivity index (χ0) is 12.1. The minimum Gasteiger partial charge on any atom is -0.348 e. The largest absolute Gasteiger partial charge is 0.348 e. The maximum absolute atomic E-state index is 11.7. The molecule has 1 rings (SSSR count). The fourth-order valence-electron chi connectivity index (χ4n) is 1.44. The highest BCUT2D eigenvalue weighted by Gasteiger charge is 2.19. The monoisotopic (exact) mass is 220 g/mol. The lowest BCUT2D eigenvalue weighted by Crippen LogP contribution is -2.44. The maximum atomic E-state index is 11.7. The summed E-state index contributed by atoms with van der Waals surface area (Å²) in [5, 5.41) is 2.91. The summed E-state index contributed by atoms with van der Waals surface area (Å²) in [6, 6.07) is 9.42. The standard InChI is InChI=1S/C13H20N2O/c1-9(2)12(14)13(16)15-10(3)11-7-5-4-6-8-11/h4-10,12H,14H2,1-3H3,(H,15,16)/t10-,12+/m1/s1. The summed E-state index contributed by atoms with van der Waals surface area (Å²) < 4.78 is 0. The molecule has 0 spiro atoms. The summed E-state index contributed by atoms with van der Waals surface area (Å²) in [7, 11) is 0. The molecule has 0 saturated carbocycles. The van der Waals surface area contributed by atoms with E-state index in [0.29, 0.717) is 0 Å². The Morgan fingerprint density at radius 2 is 1.75 bits per heavy atom. The van der Waals surface area contributed by atoms with E-state index in [1.165, 1.54) is 0 Å². The molecule has 0 aliphatic rings. The van der Waals surface area contributed by atoms with Crippen LogP contribution in [0.5, 0.6) is 0 Å². The minimum absolute atomic E-state index is 0.00139. The maximum Gasteiger partial charge on any atom is 0.237 e. The Balaban J connectivity index is 2.58. The molecule has 2 atom stereocenters. The second-order valence-corrected chi connectivity index (χ2v) is 4.41. The van der Waals surface area contributed by atoms with Gasteiger partial charge >= 0.3 is 0 Å². The van der Waals surface area contributed by atoms with Crippen LogP contribution in [0.2, 0.25) is 0 Å². The van der Waals surface area contributed by atoms with Crippen LogP contribution in [0.25, 0.3) is 0 Å². The van der Waals surface area contributed by atoms with Gasteiger partial charge in [-0.3, -0.25) is 4.79 Å². The van der Waals surface area contributed by atoms with Gasteiger partial charge in [-0.15, -0.1) is 0 Å². The number of benzene rings is 1. The highest BCUT2D eigenvalue weighted by atomic mass is 16.2. The van der Waals surface area contributed by atoms with E-state index < -0.39 is 6.04 Å². The number of rotatable bonds is 4. The highest BCUT2D eigenvalue weighted by Crippen LogP contribution is 2.11. The van der Waals surface area contributed by atoms with E-state index in [0.717, 1.165) is 5.56 Å². The normalized spacial score (nSPS) is 14.6. The fraction of sp³-hybridized carbons (Fsp3) is 0.462. The molecule has 3 N–H and O–H groups in total. The van der Waals surface area contributed by atoms with Crippen LogP contribution in [0, 0.1) is 5.92 Å². The van der Waals surface area contributed by atoms with Crippen molar-refractivity contribution < 1.29 is 4.79 Å². The summed E-state index contributed by atoms with van der Waals surface area (Å²) >= 11 is 0. The van der Waals surface area contributed by atoms with Crippen molar-refractivity contribution in [2.45, 2.75) is 32.9 Å². The molecule has 0 aliphatic carbocycles. The second kappa shape index (κ2) is 5.66. The Morgan fingerprint density at radius 1 is 1.19 bits per heavy atom. The third kappa shape index (κ3) is 3.35. The Labute approximate surface area is 97.0 Å². The van der Waals surface area contributed by atoms with Crippen LogP contribution in [0.1, 0.15) is 32.4 Å². The van der Waals surface area contributed by atoms with Crippen LogP contribution in [0.4, 0.5) is 0 Å². The van der Waals surface area contributed by atoms with E-state index in [9.17, 15) is 4.79 Å². The van der Waals surface area contributed by atoms with E-state index in [1.54, 1.807) is 0 Å². The number of hydrogen-bond donors (Lipinski definition) is 2. The molecule has 0 aliphatic heterocycles. The van der Waals surface area contributed by atoms with Gasteiger partial charge < -0.3 is 11.1 Å². The summed E-state index contributed by atoms with van der Waals surface area (Å²) in [5.74, 6) is 0.0642. The Bertz CT molecular complexity index is 335. The van der Waals surface area contributed by atoms with Crippen LogP contribution in [0.3, 0.4) is 0 Å². The molecule has 0 saturated heterocycles. The summed E-state index contributed by atoms with van der Waals surface area (Å²) in [6.45, 7) is 5.84. The number of amides is 1. The molecule has 0 unspecified atom stereocenters. The first kappa shape index (κ1) is 12.7. The second-order valence-electron chi connectivity index (χ2n) is 4.41. The van der Waals surface area contributed by atoms with E-state index in [-0.39, 0.29) is 17.9 Å². The van der Waals surface area contributed by atoms with Gasteiger partial charge in [0.25, 0.3) is 0 Å². The molecular weight excluding hydrogens is 200 g/mol. The predicted molar refractivity (Wildman–Crippen MR) is 65.8 cm³/mol. The van der Waals surface area contributed by atoms with E-state index in [4.69, 9.17) is 5.73 Å². The first-order valence-electron chi connectivity index (χ1n) is 5.63. The van der Waals surface area contributed by atoms with Gasteiger partial charge in [0.05, 0.1) is 12.1 Å². The van der Waals surface area contributed by atoms with Crippen molar-refractivity contribution in [3.63, 3.8) is 0 Å². The summed E-state index contributed by atoms with van der Waals surface area (Å²) in [6.07, 6.45) is 0. The topological polar surface area (TPSA) is 55.1 Å². The van der Waals surface area contributed by atoms with Crippen LogP contribution >= 0.6 is 0 Å². The zero-order valence-electron chi connectivity index (χ0n) is 10.1. The smallest absolute Gasteiger partial charge is 0.237 e. The van der Waals surface area contributed by atoms with E-state index in [1.807, 2.05) is 51.1 Å². The third-order valence-corrected chi connectivity index (χ3v) is 2.68. The lowest BCUT2D eigenvalue weighted by atomic mass is 10.0. The van der Waals surface area contributed by atoms with E-state index in [2.05, 4.69) is 5.32 Å². The van der Waals surface area contributed by atoms with Crippen molar-refractivity contribution in [1.82, 2.24) is 5.32 Å². The van der Waals surface area contributed by atoms with Crippen LogP contribution in [0.15, 0.2) is 30.3 Å². The number of carbonyl (C=O) groups excluding carboxylic acids is 1. The van der Waals surface area contributed by atoms with E-state index >= 15 is 0 Å². The van der Waals surface area contributed by atoms with Gasteiger partial charge in [0.15, 0.2) is 0 Å². The van der Waals surface area contributed by atoms with Crippen molar-refractivity contribution >= 4 is 5.91 Å². The van der Waals surface area contributed by atoms with Crippen molar-refractivity contribution in [2.24, 2.45) is 11.7 Å². The first-order valence-corrected chi connectivity index (χ1v) is 5.63. The van der Waals surface area contributed by atoms with Gasteiger partial charge in [0, 0.05) is 0 Å². The first-order chi connectivity index (χ1) is 7.52. The van der Waals surface area contributed by atoms with Crippen molar-refractivity contribution in [2.75, 3.05) is 0 Å². The summed E-state index contributed by atoms with van der Waals surface area (Å²) in [4.78, 5) is 11.7. The van der Waals surface area contributed by atoms with Gasteiger partial charge in [0.2, 0.25) is 5.91 Å². The molecule has 3 nitrogen and oxygen atoms in total. The highest BCUT2D eigenvalue weighted by molar-refractivity contribution is 5.82. The van der Waals surface area contributed by atoms with Crippen LogP contribution < -0.4 is 11.1 Å². The molecule has 0 heterocycles. The quantitative estimate of drug-likeness (QED) is 0.813. The van der Waals surface area contributed by atoms with Gasteiger partial charge in [0.1, 0.15) is 0 Å². The SMILES string of the molecule is CC(C)[C@H](N)C(=O)N[C@H](C)c1ccccc1. The molecule has 16 heavy (non-hydrogen) atoms. The molecule has 0 radical (unpaired) electrons. The van der Waals surface area contributed by atoms with Gasteiger partial charge in [-0.2, -0.15) is 0 Å². The average Bonchev–Trinajstić information content (AvgIpc) is 2.28. The minimum atomic E-state index is -0.439. The third-order valence-electron chi connectivity index (χ3n) is 2.68. The number of carbonyl (C=O) groups is 1. The van der Waals surface area contributed by atoms with Crippen LogP contribution in [-0.4, -0.2) is 11.9 Å². The molecule has 3 heteroatoms. The number of hydrogen-bond acceptors (Lipinski definition) is 2. The van der Waals surface area contributed by atoms with Crippen LogP contribution in [-0.2, 0) is 4.79 Å². The van der Waals surface area contributed by atoms with Crippen molar-refractivity contribution in [3.8, 4) is 0 Å². The van der Waals surface area contributed by atoms with Crippen molar-refractivity contribution in [1.29, 1.82) is 0 Å². The van der Waals surface area contributed by atoms with Gasteiger partial charge in [-0.1, -0.05) is 44.2 Å². The van der Waals surface area contributed by atoms with Crippen molar-refractivity contribution in [3.05, 3.63) is 35.9 Å². The Hall–Kier alpha value is -1.35. The molecule has 0 bridgehead atoms. The molecule has 0 fully saturated rings. The number of nitrogens with one attached hydrogen (secondary N) is 1. The molecule has 1 aromatic rings. The summed E-state index contributed by atoms with van der Waals surface area (Å²) in [5.41, 5.74) is 6.86. The lowest BCUT2D eigenvalue weighted by molar-refractivity contribution is -0.123. The number of nitrogens with two attached hydrogens (primary N) is 1. The molecule has 88 valence electrons. The Morgan fingerprint density at radius 3 is 2.25 bits per heavy atom. The lowest BCUT2D eigenvalue weighted by Gasteiger charge is -2.19. The molecule has 1 aromatic carbocycles. The fourth-order valence-corrected chi connectivity index (χ4v) is 1.44. The average molecular weight is 220 g/mol. The molecule has 1 amide bonds. The van der Waals surface area contributed by atoms with Gasteiger partial charge in [-0.05, 0) is 18.4 Å². The van der Waals surface area contributed by atoms with Gasteiger partial charge in [-0.25, -0.2) is 0 Å². The molecular formula is C13H20N2O.